The molecule has 0 fully saturated rings. The van der Waals surface area contributed by atoms with Gasteiger partial charge in [-0.3, -0.25) is 19.1 Å². The molecule has 1 heterocycles. The highest BCUT2D eigenvalue weighted by Crippen LogP contribution is 2.23. The Morgan fingerprint density at radius 1 is 1.22 bits per heavy atom. The summed E-state index contributed by atoms with van der Waals surface area (Å²) in [5.41, 5.74) is 0.745. The number of nitrogens with zero attached hydrogens (tertiary/aromatic N) is 3. The number of hydrogen-bond donors (Lipinski definition) is 1. The van der Waals surface area contributed by atoms with Crippen molar-refractivity contribution in [2.24, 2.45) is 7.05 Å². The monoisotopic (exact) mass is 380 g/mol. The van der Waals surface area contributed by atoms with Gasteiger partial charge in [0.1, 0.15) is 5.82 Å². The van der Waals surface area contributed by atoms with Gasteiger partial charge in [-0.1, -0.05) is 27.7 Å². The van der Waals surface area contributed by atoms with Crippen LogP contribution in [0.4, 0.5) is 5.82 Å². The predicted octanol–water partition coefficient (Wildman–Crippen LogP) is 2.24. The summed E-state index contributed by atoms with van der Waals surface area (Å²) in [4.78, 5) is 37.7. The van der Waals surface area contributed by atoms with Crippen molar-refractivity contribution in [3.63, 3.8) is 0 Å². The van der Waals surface area contributed by atoms with Crippen LogP contribution in [0.1, 0.15) is 59.6 Å². The zero-order valence-electron chi connectivity index (χ0n) is 17.3. The molecule has 0 unspecified atom stereocenters. The number of rotatable bonds is 9. The maximum Gasteiger partial charge on any atom is 0.306 e. The van der Waals surface area contributed by atoms with Gasteiger partial charge in [0.05, 0.1) is 25.3 Å². The SMILES string of the molecule is CCCN(CC(=O)Nc1cc(C(C)(C)C)nn1C)C(=O)CCC(=O)OCC. The zero-order chi connectivity index (χ0) is 20.6. The minimum atomic E-state index is -0.406. The van der Waals surface area contributed by atoms with Gasteiger partial charge in [-0.25, -0.2) is 0 Å². The average molecular weight is 380 g/mol. The first-order valence-electron chi connectivity index (χ1n) is 9.36. The molecule has 0 aliphatic rings. The third-order valence-electron chi connectivity index (χ3n) is 3.94. The van der Waals surface area contributed by atoms with E-state index < -0.39 is 5.97 Å². The summed E-state index contributed by atoms with van der Waals surface area (Å²) < 4.78 is 6.45. The lowest BCUT2D eigenvalue weighted by atomic mass is 9.92. The number of hydrogen-bond acceptors (Lipinski definition) is 5. The standard InChI is InChI=1S/C19H32N4O4/c1-7-11-23(17(25)9-10-18(26)27-8-2)13-16(24)20-15-12-14(19(3,4)5)21-22(15)6/h12H,7-11,13H2,1-6H3,(H,20,24). The van der Waals surface area contributed by atoms with Crippen molar-refractivity contribution in [3.8, 4) is 0 Å². The number of nitrogens with one attached hydrogen (secondary N) is 1. The molecular weight excluding hydrogens is 348 g/mol. The molecule has 1 aromatic heterocycles. The Morgan fingerprint density at radius 2 is 1.89 bits per heavy atom. The topological polar surface area (TPSA) is 93.5 Å². The minimum absolute atomic E-state index is 0.0190. The molecule has 152 valence electrons. The maximum absolute atomic E-state index is 12.4. The number of ether oxygens (including phenoxy) is 1. The van der Waals surface area contributed by atoms with Crippen LogP contribution in [0.25, 0.3) is 0 Å². The van der Waals surface area contributed by atoms with Gasteiger partial charge in [-0.15, -0.1) is 0 Å². The molecule has 1 aromatic rings. The second-order valence-corrected chi connectivity index (χ2v) is 7.46. The lowest BCUT2D eigenvalue weighted by molar-refractivity contribution is -0.145. The van der Waals surface area contributed by atoms with E-state index in [4.69, 9.17) is 4.74 Å². The van der Waals surface area contributed by atoms with Crippen LogP contribution < -0.4 is 5.32 Å². The van der Waals surface area contributed by atoms with Gasteiger partial charge < -0.3 is 15.0 Å². The summed E-state index contributed by atoms with van der Waals surface area (Å²) in [5, 5.41) is 7.23. The van der Waals surface area contributed by atoms with Crippen LogP contribution >= 0.6 is 0 Å². The van der Waals surface area contributed by atoms with Crippen molar-refractivity contribution < 1.29 is 19.1 Å². The molecule has 0 aromatic carbocycles. The fourth-order valence-corrected chi connectivity index (χ4v) is 2.47. The molecule has 0 bridgehead atoms. The quantitative estimate of drug-likeness (QED) is 0.663. The molecule has 8 nitrogen and oxygen atoms in total. The number of esters is 1. The van der Waals surface area contributed by atoms with Crippen LogP contribution in [0.5, 0.6) is 0 Å². The molecule has 0 aliphatic carbocycles. The maximum atomic E-state index is 12.4. The number of carbonyl (C=O) groups excluding carboxylic acids is 3. The normalized spacial score (nSPS) is 11.2. The Morgan fingerprint density at radius 3 is 2.41 bits per heavy atom. The van der Waals surface area contributed by atoms with Gasteiger partial charge in [-0.2, -0.15) is 5.10 Å². The van der Waals surface area contributed by atoms with Crippen molar-refractivity contribution >= 4 is 23.6 Å². The second-order valence-electron chi connectivity index (χ2n) is 7.46. The van der Waals surface area contributed by atoms with E-state index in [1.165, 1.54) is 4.90 Å². The van der Waals surface area contributed by atoms with Crippen LogP contribution in [0.3, 0.4) is 0 Å². The zero-order valence-corrected chi connectivity index (χ0v) is 17.3. The van der Waals surface area contributed by atoms with Crippen molar-refractivity contribution in [2.45, 2.75) is 59.3 Å². The van der Waals surface area contributed by atoms with Gasteiger partial charge in [0, 0.05) is 31.5 Å². The molecule has 0 radical (unpaired) electrons. The molecule has 0 saturated heterocycles. The number of amides is 2. The summed E-state index contributed by atoms with van der Waals surface area (Å²) >= 11 is 0. The van der Waals surface area contributed by atoms with Crippen LogP contribution in [-0.2, 0) is 31.6 Å². The first-order chi connectivity index (χ1) is 12.6. The Labute approximate surface area is 161 Å². The van der Waals surface area contributed by atoms with Crippen molar-refractivity contribution in [1.82, 2.24) is 14.7 Å². The van der Waals surface area contributed by atoms with Crippen LogP contribution in [0, 0.1) is 0 Å². The van der Waals surface area contributed by atoms with Gasteiger partial charge in [0.15, 0.2) is 0 Å². The number of aryl methyl sites for hydroxylation is 1. The molecule has 2 amide bonds. The van der Waals surface area contributed by atoms with Gasteiger partial charge >= 0.3 is 5.97 Å². The first-order valence-corrected chi connectivity index (χ1v) is 9.36. The Kier molecular flexibility index (Phi) is 8.46. The van der Waals surface area contributed by atoms with Crippen LogP contribution in [-0.4, -0.2) is 52.2 Å². The highest BCUT2D eigenvalue weighted by molar-refractivity contribution is 5.94. The Bertz CT molecular complexity index is 661. The highest BCUT2D eigenvalue weighted by atomic mass is 16.5. The van der Waals surface area contributed by atoms with E-state index in [9.17, 15) is 14.4 Å². The number of carbonyl (C=O) groups is 3. The lowest BCUT2D eigenvalue weighted by Gasteiger charge is -2.21. The molecule has 1 rings (SSSR count). The van der Waals surface area contributed by atoms with E-state index >= 15 is 0 Å². The lowest BCUT2D eigenvalue weighted by Crippen LogP contribution is -2.38. The number of anilines is 1. The summed E-state index contributed by atoms with van der Waals surface area (Å²) in [7, 11) is 1.76. The number of aromatic nitrogens is 2. The molecule has 27 heavy (non-hydrogen) atoms. The van der Waals surface area contributed by atoms with Crippen molar-refractivity contribution in [2.75, 3.05) is 25.0 Å². The van der Waals surface area contributed by atoms with E-state index in [2.05, 4.69) is 10.4 Å². The molecule has 8 heteroatoms. The molecule has 0 saturated carbocycles. The average Bonchev–Trinajstić information content (AvgIpc) is 2.93. The van der Waals surface area contributed by atoms with E-state index in [0.29, 0.717) is 12.4 Å². The molecule has 1 N–H and O–H groups in total. The third-order valence-corrected chi connectivity index (χ3v) is 3.94. The van der Waals surface area contributed by atoms with Crippen LogP contribution in [0.2, 0.25) is 0 Å². The summed E-state index contributed by atoms with van der Waals surface area (Å²) in [6, 6.07) is 1.84. The highest BCUT2D eigenvalue weighted by Gasteiger charge is 2.21. The summed E-state index contributed by atoms with van der Waals surface area (Å²) in [5.74, 6) is -0.353. The second kappa shape index (κ2) is 10.1. The smallest absolute Gasteiger partial charge is 0.306 e. The van der Waals surface area contributed by atoms with Gasteiger partial charge in [0.25, 0.3) is 0 Å². The fraction of sp³-hybridized carbons (Fsp3) is 0.684. The first kappa shape index (κ1) is 22.7. The fourth-order valence-electron chi connectivity index (χ4n) is 2.47. The van der Waals surface area contributed by atoms with Crippen molar-refractivity contribution in [3.05, 3.63) is 11.8 Å². The predicted molar refractivity (Wildman–Crippen MR) is 103 cm³/mol. The van der Waals surface area contributed by atoms with Gasteiger partial charge in [0.2, 0.25) is 11.8 Å². The Hall–Kier alpha value is -2.38. The van der Waals surface area contributed by atoms with E-state index in [1.807, 2.05) is 33.8 Å². The third kappa shape index (κ3) is 7.40. The molecular formula is C19H32N4O4. The van der Waals surface area contributed by atoms with Crippen LogP contribution in [0.15, 0.2) is 6.07 Å². The van der Waals surface area contributed by atoms with E-state index in [1.54, 1.807) is 18.7 Å². The van der Waals surface area contributed by atoms with E-state index in [0.717, 1.165) is 12.1 Å². The summed E-state index contributed by atoms with van der Waals surface area (Å²) in [6.07, 6.45) is 0.773. The van der Waals surface area contributed by atoms with Crippen molar-refractivity contribution in [1.29, 1.82) is 0 Å². The summed E-state index contributed by atoms with van der Waals surface area (Å²) in [6.45, 7) is 10.5. The molecule has 0 spiro atoms. The van der Waals surface area contributed by atoms with E-state index in [-0.39, 0.29) is 43.2 Å². The molecule has 0 atom stereocenters. The minimum Gasteiger partial charge on any atom is -0.466 e. The molecule has 0 aliphatic heterocycles. The van der Waals surface area contributed by atoms with Gasteiger partial charge in [-0.05, 0) is 13.3 Å². The largest absolute Gasteiger partial charge is 0.466 e. The Balaban J connectivity index is 2.69.